The van der Waals surface area contributed by atoms with Gasteiger partial charge >= 0.3 is 11.9 Å². The summed E-state index contributed by atoms with van der Waals surface area (Å²) in [4.78, 5) is 21.9. The van der Waals surface area contributed by atoms with E-state index in [1.54, 1.807) is 0 Å². The summed E-state index contributed by atoms with van der Waals surface area (Å²) in [5.74, 6) is -1.60. The second kappa shape index (κ2) is 6.33. The van der Waals surface area contributed by atoms with Gasteiger partial charge in [0.1, 0.15) is 15.8 Å². The minimum Gasteiger partial charge on any atom is -0.468 e. The van der Waals surface area contributed by atoms with Crippen LogP contribution in [0.15, 0.2) is 10.3 Å². The first kappa shape index (κ1) is 15.9. The molecule has 0 fully saturated rings. The molecule has 1 heterocycles. The normalized spacial score (nSPS) is 11.1. The number of carbonyl (C=O) groups is 2. The molecule has 1 N–H and O–H groups in total. The number of hydrogen-bond acceptors (Lipinski definition) is 7. The van der Waals surface area contributed by atoms with Gasteiger partial charge in [-0.1, -0.05) is 11.6 Å². The smallest absolute Gasteiger partial charge is 0.340 e. The molecule has 10 heteroatoms. The number of sulfonamides is 1. The molecule has 106 valence electrons. The maximum Gasteiger partial charge on any atom is 0.340 e. The van der Waals surface area contributed by atoms with E-state index in [1.165, 1.54) is 5.38 Å². The lowest BCUT2D eigenvalue weighted by atomic mass is 10.3. The second-order valence-electron chi connectivity index (χ2n) is 3.14. The van der Waals surface area contributed by atoms with E-state index in [9.17, 15) is 18.0 Å². The average Bonchev–Trinajstić information content (AvgIpc) is 2.77. The van der Waals surface area contributed by atoms with Crippen LogP contribution in [-0.2, 0) is 24.3 Å². The summed E-state index contributed by atoms with van der Waals surface area (Å²) in [6.45, 7) is -0.564. The SMILES string of the molecule is COC(=O)CNS(=O)(=O)c1c(C(=O)OC)csc1Cl. The van der Waals surface area contributed by atoms with E-state index in [2.05, 4.69) is 9.47 Å². The Labute approximate surface area is 118 Å². The van der Waals surface area contributed by atoms with Gasteiger partial charge in [-0.05, 0) is 0 Å². The van der Waals surface area contributed by atoms with Gasteiger partial charge in [0.15, 0.2) is 0 Å². The fourth-order valence-electron chi connectivity index (χ4n) is 1.12. The molecule has 1 rings (SSSR count). The molecular formula is C9H10ClNO6S2. The first-order chi connectivity index (χ1) is 8.83. The van der Waals surface area contributed by atoms with Crippen molar-refractivity contribution >= 4 is 44.9 Å². The monoisotopic (exact) mass is 327 g/mol. The van der Waals surface area contributed by atoms with Crippen LogP contribution in [0.5, 0.6) is 0 Å². The summed E-state index contributed by atoms with van der Waals surface area (Å²) in [5.41, 5.74) is -0.185. The van der Waals surface area contributed by atoms with E-state index in [1.807, 2.05) is 4.72 Å². The molecule has 0 saturated heterocycles. The van der Waals surface area contributed by atoms with E-state index in [4.69, 9.17) is 11.6 Å². The molecule has 7 nitrogen and oxygen atoms in total. The first-order valence-corrected chi connectivity index (χ1v) is 7.49. The van der Waals surface area contributed by atoms with Gasteiger partial charge in [0, 0.05) is 5.38 Å². The van der Waals surface area contributed by atoms with Gasteiger partial charge in [-0.3, -0.25) is 4.79 Å². The van der Waals surface area contributed by atoms with Gasteiger partial charge in [-0.15, -0.1) is 11.3 Å². The van der Waals surface area contributed by atoms with Crippen molar-refractivity contribution in [1.82, 2.24) is 4.72 Å². The van der Waals surface area contributed by atoms with Crippen LogP contribution in [0.1, 0.15) is 10.4 Å². The zero-order valence-electron chi connectivity index (χ0n) is 9.93. The third-order valence-corrected chi connectivity index (χ3v) is 4.96. The van der Waals surface area contributed by atoms with E-state index in [0.717, 1.165) is 25.6 Å². The lowest BCUT2D eigenvalue weighted by Gasteiger charge is -2.06. The molecule has 0 bridgehead atoms. The molecule has 0 aliphatic heterocycles. The molecule has 0 aliphatic carbocycles. The molecule has 1 aromatic heterocycles. The number of methoxy groups -OCH3 is 2. The van der Waals surface area contributed by atoms with Gasteiger partial charge in [-0.25, -0.2) is 13.2 Å². The number of thiophene rings is 1. The lowest BCUT2D eigenvalue weighted by molar-refractivity contribution is -0.139. The quantitative estimate of drug-likeness (QED) is 0.797. The van der Waals surface area contributed by atoms with E-state index in [-0.39, 0.29) is 9.90 Å². The van der Waals surface area contributed by atoms with Gasteiger partial charge in [0.05, 0.1) is 19.8 Å². The van der Waals surface area contributed by atoms with Crippen molar-refractivity contribution in [1.29, 1.82) is 0 Å². The summed E-state index contributed by atoms with van der Waals surface area (Å²) in [6.07, 6.45) is 0. The highest BCUT2D eigenvalue weighted by molar-refractivity contribution is 7.90. The highest BCUT2D eigenvalue weighted by Gasteiger charge is 2.28. The molecule has 0 aliphatic rings. The van der Waals surface area contributed by atoms with Gasteiger partial charge in [0.25, 0.3) is 0 Å². The van der Waals surface area contributed by atoms with Crippen LogP contribution in [0.4, 0.5) is 0 Å². The second-order valence-corrected chi connectivity index (χ2v) is 6.33. The standard InChI is InChI=1S/C9H10ClNO6S2/c1-16-6(12)3-11-19(14,15)7-5(9(13)17-2)4-18-8(7)10/h4,11H,3H2,1-2H3. The summed E-state index contributed by atoms with van der Waals surface area (Å²) >= 11 is 6.63. The molecule has 0 atom stereocenters. The molecule has 0 amide bonds. The third-order valence-electron chi connectivity index (χ3n) is 2.01. The van der Waals surface area contributed by atoms with Crippen molar-refractivity contribution in [3.63, 3.8) is 0 Å². The maximum absolute atomic E-state index is 12.0. The Morgan fingerprint density at radius 1 is 1.37 bits per heavy atom. The van der Waals surface area contributed by atoms with Crippen LogP contribution in [0.25, 0.3) is 0 Å². The fraction of sp³-hybridized carbons (Fsp3) is 0.333. The topological polar surface area (TPSA) is 98.8 Å². The third kappa shape index (κ3) is 3.66. The number of carbonyl (C=O) groups excluding carboxylic acids is 2. The van der Waals surface area contributed by atoms with Gasteiger partial charge in [-0.2, -0.15) is 4.72 Å². The Hall–Kier alpha value is -1.16. The first-order valence-electron chi connectivity index (χ1n) is 4.75. The largest absolute Gasteiger partial charge is 0.468 e. The zero-order valence-corrected chi connectivity index (χ0v) is 12.3. The zero-order chi connectivity index (χ0) is 14.6. The summed E-state index contributed by atoms with van der Waals surface area (Å²) in [7, 11) is -1.88. The number of ether oxygens (including phenoxy) is 2. The minimum atomic E-state index is -4.11. The Bertz CT molecular complexity index is 594. The molecule has 0 saturated carbocycles. The van der Waals surface area contributed by atoms with Crippen molar-refractivity contribution in [2.45, 2.75) is 4.90 Å². The van der Waals surface area contributed by atoms with Crippen LogP contribution in [-0.4, -0.2) is 41.1 Å². The Kier molecular flexibility index (Phi) is 5.29. The van der Waals surface area contributed by atoms with E-state index < -0.39 is 33.4 Å². The highest BCUT2D eigenvalue weighted by Crippen LogP contribution is 2.32. The molecular weight excluding hydrogens is 318 g/mol. The van der Waals surface area contributed by atoms with Crippen LogP contribution < -0.4 is 4.72 Å². The maximum atomic E-state index is 12.0. The summed E-state index contributed by atoms with van der Waals surface area (Å²) in [6, 6.07) is 0. The molecule has 19 heavy (non-hydrogen) atoms. The predicted molar refractivity (Wildman–Crippen MR) is 67.9 cm³/mol. The molecule has 0 unspecified atom stereocenters. The van der Waals surface area contributed by atoms with Crippen LogP contribution in [0.3, 0.4) is 0 Å². The van der Waals surface area contributed by atoms with Crippen molar-refractivity contribution in [3.8, 4) is 0 Å². The molecule has 1 aromatic rings. The number of halogens is 1. The van der Waals surface area contributed by atoms with Crippen LogP contribution >= 0.6 is 22.9 Å². The summed E-state index contributed by atoms with van der Waals surface area (Å²) in [5, 5.41) is 1.26. The Morgan fingerprint density at radius 2 is 2.00 bits per heavy atom. The minimum absolute atomic E-state index is 0.0993. The van der Waals surface area contributed by atoms with Crippen molar-refractivity contribution < 1.29 is 27.5 Å². The fourth-order valence-corrected chi connectivity index (χ4v) is 3.96. The molecule has 0 spiro atoms. The Morgan fingerprint density at radius 3 is 2.53 bits per heavy atom. The van der Waals surface area contributed by atoms with Gasteiger partial charge < -0.3 is 9.47 Å². The molecule has 0 radical (unpaired) electrons. The van der Waals surface area contributed by atoms with Gasteiger partial charge in [0.2, 0.25) is 10.0 Å². The van der Waals surface area contributed by atoms with Crippen LogP contribution in [0, 0.1) is 0 Å². The van der Waals surface area contributed by atoms with Crippen molar-refractivity contribution in [2.24, 2.45) is 0 Å². The van der Waals surface area contributed by atoms with Crippen LogP contribution in [0.2, 0.25) is 4.34 Å². The predicted octanol–water partition coefficient (Wildman–Crippen LogP) is 0.639. The summed E-state index contributed by atoms with van der Waals surface area (Å²) < 4.78 is 34.6. The van der Waals surface area contributed by atoms with E-state index >= 15 is 0 Å². The van der Waals surface area contributed by atoms with Crippen molar-refractivity contribution in [2.75, 3.05) is 20.8 Å². The lowest BCUT2D eigenvalue weighted by Crippen LogP contribution is -2.31. The highest BCUT2D eigenvalue weighted by atomic mass is 35.5. The van der Waals surface area contributed by atoms with E-state index in [0.29, 0.717) is 0 Å². The number of hydrogen-bond donors (Lipinski definition) is 1. The van der Waals surface area contributed by atoms with Crippen molar-refractivity contribution in [3.05, 3.63) is 15.3 Å². The average molecular weight is 328 g/mol. The molecule has 0 aromatic carbocycles. The number of rotatable bonds is 5. The number of esters is 2. The number of nitrogens with one attached hydrogen (secondary N) is 1. The Balaban J connectivity index is 3.11.